The minimum absolute atomic E-state index is 0.682. The maximum Gasteiger partial charge on any atom is 0.0446 e. The van der Waals surface area contributed by atoms with Crippen LogP contribution in [0.4, 0.5) is 5.69 Å². The van der Waals surface area contributed by atoms with E-state index >= 15 is 0 Å². The zero-order chi connectivity index (χ0) is 13.9. The van der Waals surface area contributed by atoms with Crippen LogP contribution in [0.25, 0.3) is 10.8 Å². The minimum Gasteiger partial charge on any atom is -0.370 e. The summed E-state index contributed by atoms with van der Waals surface area (Å²) >= 11 is 0. The van der Waals surface area contributed by atoms with Gasteiger partial charge in [-0.05, 0) is 36.4 Å². The fourth-order valence-corrected chi connectivity index (χ4v) is 3.21. The first-order chi connectivity index (χ1) is 9.74. The molecular formula is C18H24N2. The van der Waals surface area contributed by atoms with E-state index in [1.54, 1.807) is 0 Å². The molecule has 0 aromatic heterocycles. The molecule has 0 saturated carbocycles. The van der Waals surface area contributed by atoms with E-state index in [4.69, 9.17) is 0 Å². The van der Waals surface area contributed by atoms with Gasteiger partial charge in [-0.2, -0.15) is 0 Å². The molecule has 0 aliphatic carbocycles. The van der Waals surface area contributed by atoms with E-state index in [9.17, 15) is 0 Å². The highest BCUT2D eigenvalue weighted by atomic mass is 15.1. The molecule has 0 bridgehead atoms. The summed E-state index contributed by atoms with van der Waals surface area (Å²) in [5.74, 6) is 1.36. The van der Waals surface area contributed by atoms with Gasteiger partial charge in [0.05, 0.1) is 0 Å². The second-order valence-corrected chi connectivity index (χ2v) is 6.27. The van der Waals surface area contributed by atoms with Crippen molar-refractivity contribution in [3.8, 4) is 0 Å². The average Bonchev–Trinajstić information content (AvgIpc) is 2.44. The number of nitrogens with zero attached hydrogens (tertiary/aromatic N) is 1. The van der Waals surface area contributed by atoms with E-state index in [0.717, 1.165) is 26.2 Å². The highest BCUT2D eigenvalue weighted by molar-refractivity contribution is 5.94. The summed E-state index contributed by atoms with van der Waals surface area (Å²) in [4.78, 5) is 2.58. The van der Waals surface area contributed by atoms with Crippen molar-refractivity contribution < 1.29 is 0 Å². The van der Waals surface area contributed by atoms with Gasteiger partial charge in [0.25, 0.3) is 0 Å². The molecule has 0 amide bonds. The first-order valence-corrected chi connectivity index (χ1v) is 7.67. The van der Waals surface area contributed by atoms with Crippen molar-refractivity contribution in [3.05, 3.63) is 42.5 Å². The topological polar surface area (TPSA) is 15.3 Å². The van der Waals surface area contributed by atoms with Gasteiger partial charge in [0.15, 0.2) is 0 Å². The molecule has 0 radical (unpaired) electrons. The molecule has 1 aliphatic heterocycles. The van der Waals surface area contributed by atoms with Crippen LogP contribution in [0.1, 0.15) is 13.8 Å². The molecule has 1 fully saturated rings. The Balaban J connectivity index is 1.98. The molecule has 2 atom stereocenters. The fraction of sp³-hybridized carbons (Fsp3) is 0.444. The van der Waals surface area contributed by atoms with Crippen molar-refractivity contribution in [3.63, 3.8) is 0 Å². The lowest BCUT2D eigenvalue weighted by molar-refractivity contribution is 0.411. The highest BCUT2D eigenvalue weighted by Gasteiger charge is 2.18. The Bertz CT molecular complexity index is 561. The van der Waals surface area contributed by atoms with Gasteiger partial charge in [0, 0.05) is 24.2 Å². The third-order valence-electron chi connectivity index (χ3n) is 4.16. The molecule has 2 aromatic rings. The summed E-state index contributed by atoms with van der Waals surface area (Å²) < 4.78 is 0. The summed E-state index contributed by atoms with van der Waals surface area (Å²) in [6, 6.07) is 15.4. The number of nitrogens with one attached hydrogen (secondary N) is 1. The Morgan fingerprint density at radius 2 is 1.55 bits per heavy atom. The first kappa shape index (κ1) is 13.4. The van der Waals surface area contributed by atoms with E-state index < -0.39 is 0 Å². The van der Waals surface area contributed by atoms with Crippen LogP contribution in [0.5, 0.6) is 0 Å². The molecule has 2 nitrogen and oxygen atoms in total. The van der Waals surface area contributed by atoms with Gasteiger partial charge < -0.3 is 10.2 Å². The summed E-state index contributed by atoms with van der Waals surface area (Å²) in [7, 11) is 0. The Morgan fingerprint density at radius 1 is 0.900 bits per heavy atom. The van der Waals surface area contributed by atoms with Gasteiger partial charge in [0.2, 0.25) is 0 Å². The van der Waals surface area contributed by atoms with Crippen LogP contribution in [-0.2, 0) is 0 Å². The van der Waals surface area contributed by atoms with E-state index in [1.807, 2.05) is 0 Å². The summed E-state index contributed by atoms with van der Waals surface area (Å²) in [6.07, 6.45) is 0. The average molecular weight is 268 g/mol. The third kappa shape index (κ3) is 2.80. The molecule has 3 rings (SSSR count). The lowest BCUT2D eigenvalue weighted by atomic mass is 10.0. The van der Waals surface area contributed by atoms with Crippen LogP contribution in [-0.4, -0.2) is 26.2 Å². The van der Waals surface area contributed by atoms with Crippen LogP contribution in [0.3, 0.4) is 0 Å². The molecule has 1 N–H and O–H groups in total. The van der Waals surface area contributed by atoms with Crippen LogP contribution < -0.4 is 10.2 Å². The first-order valence-electron chi connectivity index (χ1n) is 7.67. The molecular weight excluding hydrogens is 244 g/mol. The second-order valence-electron chi connectivity index (χ2n) is 6.27. The zero-order valence-electron chi connectivity index (χ0n) is 12.5. The zero-order valence-corrected chi connectivity index (χ0v) is 12.5. The van der Waals surface area contributed by atoms with Gasteiger partial charge in [-0.25, -0.2) is 0 Å². The summed E-state index contributed by atoms with van der Waals surface area (Å²) in [6.45, 7) is 9.16. The molecule has 20 heavy (non-hydrogen) atoms. The largest absolute Gasteiger partial charge is 0.370 e. The van der Waals surface area contributed by atoms with Crippen LogP contribution in [0, 0.1) is 11.8 Å². The summed E-state index contributed by atoms with van der Waals surface area (Å²) in [5, 5.41) is 6.29. The predicted molar refractivity (Wildman–Crippen MR) is 87.4 cm³/mol. The van der Waals surface area contributed by atoms with Crippen molar-refractivity contribution in [1.82, 2.24) is 5.32 Å². The lowest BCUT2D eigenvalue weighted by Gasteiger charge is -2.34. The predicted octanol–water partition coefficient (Wildman–Crippen LogP) is 3.52. The maximum absolute atomic E-state index is 3.57. The van der Waals surface area contributed by atoms with E-state index in [0.29, 0.717) is 11.8 Å². The van der Waals surface area contributed by atoms with Gasteiger partial charge in [-0.3, -0.25) is 0 Å². The molecule has 0 spiro atoms. The number of hydrogen-bond donors (Lipinski definition) is 1. The monoisotopic (exact) mass is 268 g/mol. The van der Waals surface area contributed by atoms with Crippen molar-refractivity contribution in [2.75, 3.05) is 31.1 Å². The number of anilines is 1. The standard InChI is InChI=1S/C18H24N2/c1-14-10-19-11-15(2)13-20(12-14)18-9-5-7-16-6-3-4-8-17(16)18/h3-9,14-15,19H,10-13H2,1-2H3. The molecule has 106 valence electrons. The quantitative estimate of drug-likeness (QED) is 0.851. The summed E-state index contributed by atoms with van der Waals surface area (Å²) in [5.41, 5.74) is 1.39. The Hall–Kier alpha value is -1.54. The van der Waals surface area contributed by atoms with Crippen LogP contribution in [0.2, 0.25) is 0 Å². The maximum atomic E-state index is 3.57. The Labute approximate surface area is 121 Å². The normalized spacial score (nSPS) is 24.4. The second kappa shape index (κ2) is 5.84. The van der Waals surface area contributed by atoms with Gasteiger partial charge in [-0.15, -0.1) is 0 Å². The van der Waals surface area contributed by atoms with Crippen molar-refractivity contribution >= 4 is 16.5 Å². The molecule has 1 saturated heterocycles. The van der Waals surface area contributed by atoms with Crippen LogP contribution >= 0.6 is 0 Å². The fourth-order valence-electron chi connectivity index (χ4n) is 3.21. The van der Waals surface area contributed by atoms with E-state index in [2.05, 4.69) is 66.5 Å². The molecule has 1 heterocycles. The number of rotatable bonds is 1. The Morgan fingerprint density at radius 3 is 2.30 bits per heavy atom. The smallest absolute Gasteiger partial charge is 0.0446 e. The van der Waals surface area contributed by atoms with Gasteiger partial charge >= 0.3 is 0 Å². The van der Waals surface area contributed by atoms with Gasteiger partial charge in [0.1, 0.15) is 0 Å². The van der Waals surface area contributed by atoms with Crippen molar-refractivity contribution in [1.29, 1.82) is 0 Å². The molecule has 2 heteroatoms. The number of hydrogen-bond acceptors (Lipinski definition) is 2. The number of fused-ring (bicyclic) bond motifs is 1. The third-order valence-corrected chi connectivity index (χ3v) is 4.16. The van der Waals surface area contributed by atoms with E-state index in [-0.39, 0.29) is 0 Å². The number of benzene rings is 2. The van der Waals surface area contributed by atoms with Gasteiger partial charge in [-0.1, -0.05) is 50.2 Å². The SMILES string of the molecule is CC1CNCC(C)CN(c2cccc3ccccc23)C1. The van der Waals surface area contributed by atoms with Crippen molar-refractivity contribution in [2.24, 2.45) is 11.8 Å². The Kier molecular flexibility index (Phi) is 3.93. The van der Waals surface area contributed by atoms with E-state index in [1.165, 1.54) is 16.5 Å². The molecule has 2 unspecified atom stereocenters. The molecule has 2 aromatic carbocycles. The van der Waals surface area contributed by atoms with Crippen molar-refractivity contribution in [2.45, 2.75) is 13.8 Å². The minimum atomic E-state index is 0.682. The highest BCUT2D eigenvalue weighted by Crippen LogP contribution is 2.28. The van der Waals surface area contributed by atoms with Crippen LogP contribution in [0.15, 0.2) is 42.5 Å². The lowest BCUT2D eigenvalue weighted by Crippen LogP contribution is -2.42. The molecule has 1 aliphatic rings.